The summed E-state index contributed by atoms with van der Waals surface area (Å²) in [5.74, 6) is 1.69. The number of likely N-dealkylation sites (tertiary alicyclic amines) is 1. The van der Waals surface area contributed by atoms with Gasteiger partial charge in [0, 0.05) is 12.1 Å². The Morgan fingerprint density at radius 2 is 1.80 bits per heavy atom. The van der Waals surface area contributed by atoms with Crippen molar-refractivity contribution < 1.29 is 14.3 Å². The first kappa shape index (κ1) is 16.0. The fourth-order valence-electron chi connectivity index (χ4n) is 3.66. The van der Waals surface area contributed by atoms with E-state index in [4.69, 9.17) is 9.47 Å². The van der Waals surface area contributed by atoms with Crippen molar-refractivity contribution in [3.05, 3.63) is 58.7 Å². The SMILES string of the molecule is Cc1ccc(C(=O)N2CCC[C@H]2c2ccc3c(c2)OCCO3)cc1C. The zero-order valence-electron chi connectivity index (χ0n) is 14.7. The number of fused-ring (bicyclic) bond motifs is 1. The predicted octanol–water partition coefficient (Wildman–Crippen LogP) is 4.05. The lowest BCUT2D eigenvalue weighted by molar-refractivity contribution is 0.0735. The summed E-state index contributed by atoms with van der Waals surface area (Å²) < 4.78 is 11.3. The van der Waals surface area contributed by atoms with E-state index in [1.165, 1.54) is 5.56 Å². The van der Waals surface area contributed by atoms with Gasteiger partial charge in [-0.15, -0.1) is 0 Å². The minimum atomic E-state index is 0.102. The van der Waals surface area contributed by atoms with E-state index in [9.17, 15) is 4.79 Å². The highest BCUT2D eigenvalue weighted by Gasteiger charge is 2.31. The van der Waals surface area contributed by atoms with E-state index in [1.54, 1.807) is 0 Å². The number of benzene rings is 2. The van der Waals surface area contributed by atoms with Gasteiger partial charge < -0.3 is 14.4 Å². The Labute approximate surface area is 148 Å². The maximum Gasteiger partial charge on any atom is 0.254 e. The van der Waals surface area contributed by atoms with Crippen LogP contribution in [0.15, 0.2) is 36.4 Å². The first-order valence-corrected chi connectivity index (χ1v) is 8.91. The molecule has 2 aliphatic rings. The molecule has 1 saturated heterocycles. The molecule has 1 amide bonds. The number of hydrogen-bond acceptors (Lipinski definition) is 3. The molecule has 25 heavy (non-hydrogen) atoms. The number of ether oxygens (including phenoxy) is 2. The summed E-state index contributed by atoms with van der Waals surface area (Å²) in [6.07, 6.45) is 2.01. The highest BCUT2D eigenvalue weighted by Crippen LogP contribution is 2.38. The topological polar surface area (TPSA) is 38.8 Å². The van der Waals surface area contributed by atoms with Gasteiger partial charge in [-0.05, 0) is 67.6 Å². The van der Waals surface area contributed by atoms with Crippen molar-refractivity contribution >= 4 is 5.91 Å². The van der Waals surface area contributed by atoms with Crippen LogP contribution in [0.2, 0.25) is 0 Å². The summed E-state index contributed by atoms with van der Waals surface area (Å²) in [7, 11) is 0. The zero-order chi connectivity index (χ0) is 17.4. The molecule has 4 heteroatoms. The summed E-state index contributed by atoms with van der Waals surface area (Å²) in [6.45, 7) is 6.08. The maximum atomic E-state index is 13.1. The molecule has 2 aromatic rings. The van der Waals surface area contributed by atoms with Gasteiger partial charge in [0.2, 0.25) is 0 Å². The van der Waals surface area contributed by atoms with Crippen LogP contribution in [-0.2, 0) is 0 Å². The monoisotopic (exact) mass is 337 g/mol. The van der Waals surface area contributed by atoms with Crippen molar-refractivity contribution in [3.8, 4) is 11.5 Å². The van der Waals surface area contributed by atoms with E-state index in [2.05, 4.69) is 13.0 Å². The van der Waals surface area contributed by atoms with Crippen LogP contribution in [0.5, 0.6) is 11.5 Å². The zero-order valence-corrected chi connectivity index (χ0v) is 14.7. The second-order valence-corrected chi connectivity index (χ2v) is 6.86. The van der Waals surface area contributed by atoms with Gasteiger partial charge in [0.05, 0.1) is 6.04 Å². The predicted molar refractivity (Wildman–Crippen MR) is 96.4 cm³/mol. The van der Waals surface area contributed by atoms with Crippen molar-refractivity contribution in [2.24, 2.45) is 0 Å². The molecule has 2 aromatic carbocycles. The van der Waals surface area contributed by atoms with Gasteiger partial charge in [0.25, 0.3) is 5.91 Å². The van der Waals surface area contributed by atoms with E-state index in [0.29, 0.717) is 13.2 Å². The van der Waals surface area contributed by atoms with Crippen molar-refractivity contribution in [1.29, 1.82) is 0 Å². The van der Waals surface area contributed by atoms with Crippen molar-refractivity contribution in [2.75, 3.05) is 19.8 Å². The van der Waals surface area contributed by atoms with E-state index >= 15 is 0 Å². The van der Waals surface area contributed by atoms with Crippen LogP contribution in [0.25, 0.3) is 0 Å². The molecule has 0 aromatic heterocycles. The van der Waals surface area contributed by atoms with Crippen molar-refractivity contribution in [1.82, 2.24) is 4.90 Å². The van der Waals surface area contributed by atoms with Gasteiger partial charge >= 0.3 is 0 Å². The molecule has 0 bridgehead atoms. The normalized spacial score (nSPS) is 19.1. The molecule has 130 valence electrons. The van der Waals surface area contributed by atoms with Gasteiger partial charge in [0.15, 0.2) is 11.5 Å². The molecule has 4 nitrogen and oxygen atoms in total. The fourth-order valence-corrected chi connectivity index (χ4v) is 3.66. The maximum absolute atomic E-state index is 13.1. The fraction of sp³-hybridized carbons (Fsp3) is 0.381. The van der Waals surface area contributed by atoms with Crippen molar-refractivity contribution in [3.63, 3.8) is 0 Å². The van der Waals surface area contributed by atoms with E-state index in [-0.39, 0.29) is 11.9 Å². The van der Waals surface area contributed by atoms with E-state index in [1.807, 2.05) is 42.2 Å². The van der Waals surface area contributed by atoms with Gasteiger partial charge in [-0.1, -0.05) is 12.1 Å². The second kappa shape index (κ2) is 6.43. The average molecular weight is 337 g/mol. The third-order valence-electron chi connectivity index (χ3n) is 5.22. The van der Waals surface area contributed by atoms with Gasteiger partial charge in [-0.2, -0.15) is 0 Å². The van der Waals surface area contributed by atoms with Gasteiger partial charge in [-0.25, -0.2) is 0 Å². The van der Waals surface area contributed by atoms with Gasteiger partial charge in [-0.3, -0.25) is 4.79 Å². The minimum absolute atomic E-state index is 0.102. The Kier molecular flexibility index (Phi) is 4.12. The van der Waals surface area contributed by atoms with Crippen LogP contribution >= 0.6 is 0 Å². The lowest BCUT2D eigenvalue weighted by Gasteiger charge is -2.27. The standard InChI is InChI=1S/C21H23NO3/c1-14-5-6-17(12-15(14)2)21(23)22-9-3-4-18(22)16-7-8-19-20(13-16)25-11-10-24-19/h5-8,12-13,18H,3-4,9-11H2,1-2H3/t18-/m0/s1. The number of aryl methyl sites for hydroxylation is 2. The molecular formula is C21H23NO3. The average Bonchev–Trinajstić information content (AvgIpc) is 3.12. The van der Waals surface area contributed by atoms with Crippen LogP contribution < -0.4 is 9.47 Å². The molecule has 0 radical (unpaired) electrons. The molecule has 0 saturated carbocycles. The summed E-state index contributed by atoms with van der Waals surface area (Å²) >= 11 is 0. The third kappa shape index (κ3) is 2.97. The highest BCUT2D eigenvalue weighted by atomic mass is 16.6. The summed E-state index contributed by atoms with van der Waals surface area (Å²) in [6, 6.07) is 12.1. The largest absolute Gasteiger partial charge is 0.486 e. The van der Waals surface area contributed by atoms with Crippen LogP contribution in [0.3, 0.4) is 0 Å². The Bertz CT molecular complexity index is 815. The molecule has 0 N–H and O–H groups in total. The van der Waals surface area contributed by atoms with Crippen LogP contribution in [-0.4, -0.2) is 30.6 Å². The summed E-state index contributed by atoms with van der Waals surface area (Å²) in [5.41, 5.74) is 4.26. The summed E-state index contributed by atoms with van der Waals surface area (Å²) in [4.78, 5) is 15.0. The van der Waals surface area contributed by atoms with E-state index in [0.717, 1.165) is 47.6 Å². The molecule has 1 atom stereocenters. The molecule has 2 aliphatic heterocycles. The molecule has 4 rings (SSSR count). The number of rotatable bonds is 2. The molecule has 2 heterocycles. The molecule has 1 fully saturated rings. The lowest BCUT2D eigenvalue weighted by atomic mass is 10.0. The van der Waals surface area contributed by atoms with Crippen LogP contribution in [0, 0.1) is 13.8 Å². The minimum Gasteiger partial charge on any atom is -0.486 e. The Hall–Kier alpha value is -2.49. The van der Waals surface area contributed by atoms with Gasteiger partial charge in [0.1, 0.15) is 13.2 Å². The lowest BCUT2D eigenvalue weighted by Crippen LogP contribution is -2.30. The second-order valence-electron chi connectivity index (χ2n) is 6.86. The molecule has 0 aliphatic carbocycles. The Morgan fingerprint density at radius 1 is 1.00 bits per heavy atom. The number of carbonyl (C=O) groups excluding carboxylic acids is 1. The number of carbonyl (C=O) groups is 1. The number of hydrogen-bond donors (Lipinski definition) is 0. The van der Waals surface area contributed by atoms with E-state index < -0.39 is 0 Å². The highest BCUT2D eigenvalue weighted by molar-refractivity contribution is 5.95. The summed E-state index contributed by atoms with van der Waals surface area (Å²) in [5, 5.41) is 0. The third-order valence-corrected chi connectivity index (χ3v) is 5.22. The van der Waals surface area contributed by atoms with Crippen molar-refractivity contribution in [2.45, 2.75) is 32.7 Å². The van der Waals surface area contributed by atoms with Crippen LogP contribution in [0.4, 0.5) is 0 Å². The molecule has 0 spiro atoms. The number of amides is 1. The molecular weight excluding hydrogens is 314 g/mol. The van der Waals surface area contributed by atoms with Crippen LogP contribution in [0.1, 0.15) is 45.9 Å². The smallest absolute Gasteiger partial charge is 0.254 e. The molecule has 0 unspecified atom stereocenters. The first-order valence-electron chi connectivity index (χ1n) is 8.91. The quantitative estimate of drug-likeness (QED) is 0.830. The first-order chi connectivity index (χ1) is 12.1. The number of nitrogens with zero attached hydrogens (tertiary/aromatic N) is 1. The Balaban J connectivity index is 1.61. The Morgan fingerprint density at radius 3 is 2.60 bits per heavy atom.